The Kier molecular flexibility index (Phi) is 7.40. The lowest BCUT2D eigenvalue weighted by Crippen LogP contribution is -2.41. The molecule has 0 bridgehead atoms. The van der Waals surface area contributed by atoms with Crippen LogP contribution in [-0.4, -0.2) is 33.0 Å². The van der Waals surface area contributed by atoms with Gasteiger partial charge >= 0.3 is 0 Å². The maximum atomic E-state index is 13.8. The van der Waals surface area contributed by atoms with Crippen molar-refractivity contribution in [2.45, 2.75) is 12.5 Å². The molecule has 1 aromatic rings. The number of hydrogen-bond acceptors (Lipinski definition) is 4. The summed E-state index contributed by atoms with van der Waals surface area (Å²) in [6.45, 7) is 1.10. The van der Waals surface area contributed by atoms with Crippen molar-refractivity contribution in [2.24, 2.45) is 5.84 Å². The summed E-state index contributed by atoms with van der Waals surface area (Å²) in [5.74, 6) is 4.14. The van der Waals surface area contributed by atoms with Crippen molar-refractivity contribution < 1.29 is 18.3 Å². The summed E-state index contributed by atoms with van der Waals surface area (Å²) in [5, 5.41) is 0. The first-order chi connectivity index (χ1) is 9.10. The molecule has 1 atom stereocenters. The molecular formula is C12H17BrF2N2O2. The van der Waals surface area contributed by atoms with Crippen LogP contribution in [-0.2, 0) is 15.9 Å². The van der Waals surface area contributed by atoms with Gasteiger partial charge < -0.3 is 9.47 Å². The summed E-state index contributed by atoms with van der Waals surface area (Å²) < 4.78 is 37.7. The predicted molar refractivity (Wildman–Crippen MR) is 71.6 cm³/mol. The number of halogens is 3. The molecule has 3 N–H and O–H groups in total. The number of rotatable bonds is 8. The molecule has 4 nitrogen and oxygen atoms in total. The molecule has 0 spiro atoms. The largest absolute Gasteiger partial charge is 0.382 e. The molecule has 0 fully saturated rings. The zero-order chi connectivity index (χ0) is 14.3. The van der Waals surface area contributed by atoms with E-state index in [2.05, 4.69) is 21.4 Å². The van der Waals surface area contributed by atoms with E-state index in [0.29, 0.717) is 13.2 Å². The van der Waals surface area contributed by atoms with Gasteiger partial charge in [0.05, 0.1) is 24.3 Å². The minimum absolute atomic E-state index is 0.0207. The molecule has 0 aliphatic rings. The molecule has 0 saturated heterocycles. The fourth-order valence-corrected chi connectivity index (χ4v) is 1.91. The Balaban J connectivity index is 2.63. The molecule has 19 heavy (non-hydrogen) atoms. The first kappa shape index (κ1) is 16.5. The Hall–Kier alpha value is -0.600. The second kappa shape index (κ2) is 8.55. The van der Waals surface area contributed by atoms with E-state index < -0.39 is 11.6 Å². The Labute approximate surface area is 119 Å². The fourth-order valence-electron chi connectivity index (χ4n) is 1.54. The summed E-state index contributed by atoms with van der Waals surface area (Å²) >= 11 is 3.02. The third kappa shape index (κ3) is 5.12. The van der Waals surface area contributed by atoms with E-state index in [1.165, 1.54) is 12.1 Å². The van der Waals surface area contributed by atoms with Crippen LogP contribution < -0.4 is 11.3 Å². The lowest BCUT2D eigenvalue weighted by molar-refractivity contribution is 0.0585. The van der Waals surface area contributed by atoms with Crippen LogP contribution in [0.25, 0.3) is 0 Å². The second-order valence-corrected chi connectivity index (χ2v) is 4.81. The highest BCUT2D eigenvalue weighted by molar-refractivity contribution is 9.10. The Morgan fingerprint density at radius 2 is 2.11 bits per heavy atom. The smallest absolute Gasteiger partial charge is 0.143 e. The van der Waals surface area contributed by atoms with E-state index in [0.717, 1.165) is 0 Å². The summed E-state index contributed by atoms with van der Waals surface area (Å²) in [7, 11) is 1.56. The minimum Gasteiger partial charge on any atom is -0.382 e. The van der Waals surface area contributed by atoms with Crippen LogP contribution in [0.5, 0.6) is 0 Å². The average molecular weight is 339 g/mol. The third-order valence-corrected chi connectivity index (χ3v) is 3.19. The topological polar surface area (TPSA) is 56.5 Å². The number of hydrazine groups is 1. The molecule has 0 aromatic heterocycles. The zero-order valence-corrected chi connectivity index (χ0v) is 12.2. The molecular weight excluding hydrogens is 322 g/mol. The maximum Gasteiger partial charge on any atom is 0.143 e. The molecule has 0 radical (unpaired) electrons. The molecule has 0 aliphatic carbocycles. The minimum atomic E-state index is -0.614. The van der Waals surface area contributed by atoms with Crippen LogP contribution in [0.3, 0.4) is 0 Å². The molecule has 0 aliphatic heterocycles. The normalized spacial score (nSPS) is 12.7. The van der Waals surface area contributed by atoms with Gasteiger partial charge in [-0.2, -0.15) is 0 Å². The first-order valence-corrected chi connectivity index (χ1v) is 6.54. The van der Waals surface area contributed by atoms with Gasteiger partial charge in [0.1, 0.15) is 11.6 Å². The SMILES string of the molecule is COCCOCC(Cc1c(F)ccc(Br)c1F)NN. The van der Waals surface area contributed by atoms with Crippen molar-refractivity contribution in [3.8, 4) is 0 Å². The van der Waals surface area contributed by atoms with Crippen LogP contribution >= 0.6 is 15.9 Å². The van der Waals surface area contributed by atoms with E-state index in [-0.39, 0.29) is 29.1 Å². The van der Waals surface area contributed by atoms with Crippen LogP contribution in [0.2, 0.25) is 0 Å². The highest BCUT2D eigenvalue weighted by atomic mass is 79.9. The fraction of sp³-hybridized carbons (Fsp3) is 0.500. The lowest BCUT2D eigenvalue weighted by Gasteiger charge is -2.17. The van der Waals surface area contributed by atoms with Gasteiger partial charge in [-0.05, 0) is 34.5 Å². The summed E-state index contributed by atoms with van der Waals surface area (Å²) in [6.07, 6.45) is 0.0978. The van der Waals surface area contributed by atoms with Gasteiger partial charge in [0.2, 0.25) is 0 Å². The van der Waals surface area contributed by atoms with Crippen molar-refractivity contribution in [2.75, 3.05) is 26.9 Å². The standard InChI is InChI=1S/C12H17BrF2N2O2/c1-18-4-5-19-7-8(17-16)6-9-11(14)3-2-10(13)12(9)15/h2-3,8,17H,4-7,16H2,1H3. The van der Waals surface area contributed by atoms with Crippen molar-refractivity contribution in [3.63, 3.8) is 0 Å². The first-order valence-electron chi connectivity index (χ1n) is 5.75. The predicted octanol–water partition coefficient (Wildman–Crippen LogP) is 1.76. The van der Waals surface area contributed by atoms with E-state index in [9.17, 15) is 8.78 Å². The Morgan fingerprint density at radius 1 is 1.37 bits per heavy atom. The van der Waals surface area contributed by atoms with Crippen LogP contribution in [0.4, 0.5) is 8.78 Å². The number of nitrogens with one attached hydrogen (secondary N) is 1. The van der Waals surface area contributed by atoms with Gasteiger partial charge in [-0.3, -0.25) is 11.3 Å². The molecule has 0 saturated carbocycles. The summed E-state index contributed by atoms with van der Waals surface area (Å²) in [6, 6.07) is 2.16. The molecule has 0 amide bonds. The van der Waals surface area contributed by atoms with Crippen LogP contribution in [0.1, 0.15) is 5.56 Å². The van der Waals surface area contributed by atoms with Gasteiger partial charge in [0.15, 0.2) is 0 Å². The number of benzene rings is 1. The molecule has 1 unspecified atom stereocenters. The molecule has 0 heterocycles. The number of methoxy groups -OCH3 is 1. The van der Waals surface area contributed by atoms with Gasteiger partial charge in [0.25, 0.3) is 0 Å². The number of ether oxygens (including phenoxy) is 2. The van der Waals surface area contributed by atoms with Gasteiger partial charge in [-0.25, -0.2) is 8.78 Å². The molecule has 7 heteroatoms. The Morgan fingerprint density at radius 3 is 2.74 bits per heavy atom. The monoisotopic (exact) mass is 338 g/mol. The van der Waals surface area contributed by atoms with Crippen molar-refractivity contribution in [3.05, 3.63) is 33.8 Å². The highest BCUT2D eigenvalue weighted by Gasteiger charge is 2.17. The summed E-state index contributed by atoms with van der Waals surface area (Å²) in [4.78, 5) is 0. The van der Waals surface area contributed by atoms with Gasteiger partial charge in [-0.15, -0.1) is 0 Å². The number of hydrogen-bond donors (Lipinski definition) is 2. The summed E-state index contributed by atoms with van der Waals surface area (Å²) in [5.41, 5.74) is 2.47. The second-order valence-electron chi connectivity index (χ2n) is 3.96. The van der Waals surface area contributed by atoms with E-state index in [4.69, 9.17) is 15.3 Å². The van der Waals surface area contributed by atoms with Gasteiger partial charge in [0, 0.05) is 18.7 Å². The Bertz CT molecular complexity index is 408. The zero-order valence-electron chi connectivity index (χ0n) is 10.6. The van der Waals surface area contributed by atoms with Crippen molar-refractivity contribution in [1.82, 2.24) is 5.43 Å². The number of nitrogens with two attached hydrogens (primary N) is 1. The third-order valence-electron chi connectivity index (χ3n) is 2.58. The van der Waals surface area contributed by atoms with Gasteiger partial charge in [-0.1, -0.05) is 0 Å². The lowest BCUT2D eigenvalue weighted by atomic mass is 10.1. The van der Waals surface area contributed by atoms with Crippen LogP contribution in [0.15, 0.2) is 16.6 Å². The maximum absolute atomic E-state index is 13.8. The average Bonchev–Trinajstić information content (AvgIpc) is 2.41. The van der Waals surface area contributed by atoms with E-state index in [1.54, 1.807) is 7.11 Å². The quantitative estimate of drug-likeness (QED) is 0.328. The van der Waals surface area contributed by atoms with Crippen molar-refractivity contribution >= 4 is 15.9 Å². The van der Waals surface area contributed by atoms with E-state index in [1.807, 2.05) is 0 Å². The molecule has 1 rings (SSSR count). The van der Waals surface area contributed by atoms with Crippen LogP contribution in [0, 0.1) is 11.6 Å². The molecule has 1 aromatic carbocycles. The highest BCUT2D eigenvalue weighted by Crippen LogP contribution is 2.22. The molecule has 108 valence electrons. The van der Waals surface area contributed by atoms with E-state index >= 15 is 0 Å². The van der Waals surface area contributed by atoms with Crippen molar-refractivity contribution in [1.29, 1.82) is 0 Å².